The summed E-state index contributed by atoms with van der Waals surface area (Å²) in [6.45, 7) is 4.07. The molecule has 0 amide bonds. The minimum absolute atomic E-state index is 0.717. The molecule has 19 heavy (non-hydrogen) atoms. The van der Waals surface area contributed by atoms with Crippen LogP contribution in [0.25, 0.3) is 0 Å². The topological polar surface area (TPSA) is 47.7 Å². The molecule has 1 fully saturated rings. The summed E-state index contributed by atoms with van der Waals surface area (Å²) in [4.78, 5) is 2.47. The minimum Gasteiger partial charge on any atom is -0.496 e. The van der Waals surface area contributed by atoms with Gasteiger partial charge < -0.3 is 15.2 Å². The van der Waals surface area contributed by atoms with Gasteiger partial charge in [-0.3, -0.25) is 4.90 Å². The van der Waals surface area contributed by atoms with E-state index < -0.39 is 0 Å². The van der Waals surface area contributed by atoms with Crippen molar-refractivity contribution in [1.82, 2.24) is 4.90 Å². The fourth-order valence-corrected chi connectivity index (χ4v) is 2.68. The molecule has 0 aliphatic carbocycles. The van der Waals surface area contributed by atoms with Crippen molar-refractivity contribution < 1.29 is 9.47 Å². The van der Waals surface area contributed by atoms with Gasteiger partial charge in [-0.2, -0.15) is 0 Å². The minimum atomic E-state index is 0.717. The highest BCUT2D eigenvalue weighted by Gasteiger charge is 2.19. The first-order valence-electron chi connectivity index (χ1n) is 6.86. The Morgan fingerprint density at radius 3 is 2.63 bits per heavy atom. The van der Waals surface area contributed by atoms with E-state index in [1.165, 1.54) is 18.4 Å². The van der Waals surface area contributed by atoms with Crippen molar-refractivity contribution in [3.63, 3.8) is 0 Å². The van der Waals surface area contributed by atoms with Crippen LogP contribution in [0.15, 0.2) is 18.2 Å². The number of rotatable bonds is 5. The molecular weight excluding hydrogens is 240 g/mol. The molecule has 0 bridgehead atoms. The molecule has 4 heteroatoms. The van der Waals surface area contributed by atoms with E-state index in [0.717, 1.165) is 43.6 Å². The third-order valence-electron chi connectivity index (χ3n) is 3.81. The Bertz CT molecular complexity index is 401. The van der Waals surface area contributed by atoms with Crippen LogP contribution in [-0.2, 0) is 11.3 Å². The van der Waals surface area contributed by atoms with Gasteiger partial charge in [0.05, 0.1) is 7.11 Å². The number of nitrogens with zero attached hydrogens (tertiary/aromatic N) is 1. The quantitative estimate of drug-likeness (QED) is 0.828. The van der Waals surface area contributed by atoms with Crippen LogP contribution >= 0.6 is 0 Å². The van der Waals surface area contributed by atoms with Gasteiger partial charge in [0.1, 0.15) is 5.75 Å². The molecule has 1 heterocycles. The average Bonchev–Trinajstić information content (AvgIpc) is 2.43. The van der Waals surface area contributed by atoms with Crippen molar-refractivity contribution in [3.8, 4) is 5.75 Å². The van der Waals surface area contributed by atoms with Crippen molar-refractivity contribution in [2.45, 2.75) is 19.4 Å². The maximum Gasteiger partial charge on any atom is 0.125 e. The molecule has 0 spiro atoms. The summed E-state index contributed by atoms with van der Waals surface area (Å²) >= 11 is 0. The van der Waals surface area contributed by atoms with Crippen LogP contribution in [0.3, 0.4) is 0 Å². The maximum atomic E-state index is 5.78. The molecule has 2 rings (SSSR count). The molecule has 1 aromatic carbocycles. The number of anilines is 1. The monoisotopic (exact) mass is 264 g/mol. The van der Waals surface area contributed by atoms with Gasteiger partial charge in [0, 0.05) is 37.6 Å². The van der Waals surface area contributed by atoms with Crippen molar-refractivity contribution >= 4 is 5.69 Å². The van der Waals surface area contributed by atoms with Gasteiger partial charge in [0.15, 0.2) is 0 Å². The van der Waals surface area contributed by atoms with Gasteiger partial charge >= 0.3 is 0 Å². The predicted molar refractivity (Wildman–Crippen MR) is 77.3 cm³/mol. The number of benzene rings is 1. The third-order valence-corrected chi connectivity index (χ3v) is 3.81. The maximum absolute atomic E-state index is 5.78. The van der Waals surface area contributed by atoms with Crippen molar-refractivity contribution in [2.75, 3.05) is 39.6 Å². The average molecular weight is 264 g/mol. The standard InChI is InChI=1S/C15H24N2O2/c1-18-11-12-5-7-17(8-6-12)10-13-3-4-14(16)9-15(13)19-2/h3-4,9,12H,5-8,10-11,16H2,1-2H3. The second kappa shape index (κ2) is 6.78. The number of nitrogens with two attached hydrogens (primary N) is 1. The Hall–Kier alpha value is -1.26. The van der Waals surface area contributed by atoms with Crippen LogP contribution < -0.4 is 10.5 Å². The number of piperidine rings is 1. The molecule has 0 atom stereocenters. The highest BCUT2D eigenvalue weighted by Crippen LogP contribution is 2.25. The zero-order valence-corrected chi connectivity index (χ0v) is 11.9. The molecule has 1 aliphatic heterocycles. The van der Waals surface area contributed by atoms with Crippen LogP contribution in [0.4, 0.5) is 5.69 Å². The normalized spacial score (nSPS) is 17.6. The van der Waals surface area contributed by atoms with E-state index in [0.29, 0.717) is 0 Å². The van der Waals surface area contributed by atoms with E-state index in [9.17, 15) is 0 Å². The first-order valence-corrected chi connectivity index (χ1v) is 6.86. The molecule has 1 saturated heterocycles. The number of nitrogen functional groups attached to an aromatic ring is 1. The number of hydrogen-bond donors (Lipinski definition) is 1. The first kappa shape index (κ1) is 14.2. The van der Waals surface area contributed by atoms with Crippen LogP contribution in [0.1, 0.15) is 18.4 Å². The number of likely N-dealkylation sites (tertiary alicyclic amines) is 1. The van der Waals surface area contributed by atoms with Gasteiger partial charge in [-0.15, -0.1) is 0 Å². The van der Waals surface area contributed by atoms with E-state index in [1.807, 2.05) is 12.1 Å². The highest BCUT2D eigenvalue weighted by atomic mass is 16.5. The molecule has 4 nitrogen and oxygen atoms in total. The molecule has 106 valence electrons. The molecule has 2 N–H and O–H groups in total. The Kier molecular flexibility index (Phi) is 5.05. The fraction of sp³-hybridized carbons (Fsp3) is 0.600. The zero-order chi connectivity index (χ0) is 13.7. The van der Waals surface area contributed by atoms with Crippen LogP contribution in [0.5, 0.6) is 5.75 Å². The summed E-state index contributed by atoms with van der Waals surface area (Å²) < 4.78 is 10.6. The van der Waals surface area contributed by atoms with E-state index >= 15 is 0 Å². The summed E-state index contributed by atoms with van der Waals surface area (Å²) in [5.41, 5.74) is 7.74. The van der Waals surface area contributed by atoms with E-state index in [2.05, 4.69) is 11.0 Å². The third kappa shape index (κ3) is 3.85. The first-order chi connectivity index (χ1) is 9.22. The Morgan fingerprint density at radius 2 is 2.00 bits per heavy atom. The molecule has 0 unspecified atom stereocenters. The summed E-state index contributed by atoms with van der Waals surface area (Å²) in [5.74, 6) is 1.61. The summed E-state index contributed by atoms with van der Waals surface area (Å²) in [6.07, 6.45) is 2.43. The Labute approximate surface area is 115 Å². The summed E-state index contributed by atoms with van der Waals surface area (Å²) in [5, 5.41) is 0. The van der Waals surface area contributed by atoms with Crippen LogP contribution in [0.2, 0.25) is 0 Å². The molecule has 1 aromatic rings. The lowest BCUT2D eigenvalue weighted by Gasteiger charge is -2.31. The van der Waals surface area contributed by atoms with Gasteiger partial charge in [0.2, 0.25) is 0 Å². The predicted octanol–water partition coefficient (Wildman–Crippen LogP) is 2.14. The van der Waals surface area contributed by atoms with Gasteiger partial charge in [-0.25, -0.2) is 0 Å². The Morgan fingerprint density at radius 1 is 1.26 bits per heavy atom. The number of ether oxygens (including phenoxy) is 2. The van der Waals surface area contributed by atoms with Crippen LogP contribution in [-0.4, -0.2) is 38.8 Å². The SMILES string of the molecule is COCC1CCN(Cc2ccc(N)cc2OC)CC1. The molecule has 0 aromatic heterocycles. The lowest BCUT2D eigenvalue weighted by Crippen LogP contribution is -2.34. The molecule has 0 radical (unpaired) electrons. The fourth-order valence-electron chi connectivity index (χ4n) is 2.68. The van der Waals surface area contributed by atoms with Crippen LogP contribution in [0, 0.1) is 5.92 Å². The van der Waals surface area contributed by atoms with Crippen molar-refractivity contribution in [1.29, 1.82) is 0 Å². The van der Waals surface area contributed by atoms with Crippen molar-refractivity contribution in [3.05, 3.63) is 23.8 Å². The lowest BCUT2D eigenvalue weighted by molar-refractivity contribution is 0.0965. The molecule has 0 saturated carbocycles. The van der Waals surface area contributed by atoms with E-state index in [1.54, 1.807) is 14.2 Å². The highest BCUT2D eigenvalue weighted by molar-refractivity contribution is 5.48. The van der Waals surface area contributed by atoms with Gasteiger partial charge in [0.25, 0.3) is 0 Å². The number of hydrogen-bond acceptors (Lipinski definition) is 4. The molecular formula is C15H24N2O2. The lowest BCUT2D eigenvalue weighted by atomic mass is 9.97. The molecule has 1 aliphatic rings. The Balaban J connectivity index is 1.92. The van der Waals surface area contributed by atoms with Gasteiger partial charge in [-0.05, 0) is 37.9 Å². The summed E-state index contributed by atoms with van der Waals surface area (Å²) in [6, 6.07) is 5.90. The summed E-state index contributed by atoms with van der Waals surface area (Å²) in [7, 11) is 3.48. The van der Waals surface area contributed by atoms with E-state index in [4.69, 9.17) is 15.2 Å². The second-order valence-corrected chi connectivity index (χ2v) is 5.25. The smallest absolute Gasteiger partial charge is 0.125 e. The largest absolute Gasteiger partial charge is 0.496 e. The van der Waals surface area contributed by atoms with Gasteiger partial charge in [-0.1, -0.05) is 6.07 Å². The number of methoxy groups -OCH3 is 2. The van der Waals surface area contributed by atoms with Crippen molar-refractivity contribution in [2.24, 2.45) is 5.92 Å². The second-order valence-electron chi connectivity index (χ2n) is 5.25. The zero-order valence-electron chi connectivity index (χ0n) is 11.9. The van der Waals surface area contributed by atoms with E-state index in [-0.39, 0.29) is 0 Å².